The summed E-state index contributed by atoms with van der Waals surface area (Å²) in [5.74, 6) is 1.31. The zero-order chi connectivity index (χ0) is 39.7. The van der Waals surface area contributed by atoms with E-state index in [9.17, 15) is 9.59 Å². The molecule has 9 rings (SSSR count). The number of benzene rings is 3. The number of H-pyrrole nitrogens is 1. The van der Waals surface area contributed by atoms with E-state index in [1.54, 1.807) is 0 Å². The lowest BCUT2D eigenvalue weighted by Crippen LogP contribution is -2.44. The third kappa shape index (κ3) is 10.6. The molecule has 1 aliphatic carbocycles. The lowest BCUT2D eigenvalue weighted by molar-refractivity contribution is -0.00747. The van der Waals surface area contributed by atoms with Crippen molar-refractivity contribution in [2.75, 3.05) is 19.8 Å². The first kappa shape index (κ1) is 51.7. The summed E-state index contributed by atoms with van der Waals surface area (Å²) in [6.07, 6.45) is 12.4. The second-order valence-corrected chi connectivity index (χ2v) is 19.3. The fourth-order valence-electron chi connectivity index (χ4n) is 10.2. The summed E-state index contributed by atoms with van der Waals surface area (Å²) >= 11 is 0. The van der Waals surface area contributed by atoms with Crippen molar-refractivity contribution in [1.29, 1.82) is 0 Å². The molecular weight excluding hydrogens is 875 g/mol. The molecule has 1 aromatic heterocycles. The Morgan fingerprint density at radius 3 is 2.10 bits per heavy atom. The van der Waals surface area contributed by atoms with Crippen molar-refractivity contribution in [3.05, 3.63) is 72.3 Å². The molecule has 0 bridgehead atoms. The maximum absolute atomic E-state index is 13.6. The number of aromatic amines is 1. The van der Waals surface area contributed by atoms with E-state index >= 15 is 0 Å². The van der Waals surface area contributed by atoms with Crippen molar-refractivity contribution in [1.82, 2.24) is 19.8 Å². The number of amides is 2. The Kier molecular flexibility index (Phi) is 16.7. The van der Waals surface area contributed by atoms with Crippen molar-refractivity contribution < 1.29 is 23.8 Å². The number of nitrogens with zero attached hydrogens (tertiary/aromatic N) is 4. The number of carbonyl (C=O) groups excluding carboxylic acids is 2. The summed E-state index contributed by atoms with van der Waals surface area (Å²) in [5, 5.41) is 4.66. The average molecular weight is 942 g/mol. The molecule has 4 aliphatic heterocycles. The summed E-state index contributed by atoms with van der Waals surface area (Å²) in [7, 11) is 0. The lowest BCUT2D eigenvalue weighted by atomic mass is 9.79. The van der Waals surface area contributed by atoms with Crippen LogP contribution in [0.25, 0.3) is 38.4 Å². The predicted octanol–water partition coefficient (Wildman–Crippen LogP) is 11.2. The highest BCUT2D eigenvalue weighted by atomic mass is 32.1. The standard InChI is InChI=1S/C47H57N5O5.5H2S/c1-45(2,3)56-43(53)51-27-47(16-9-17-55-28-47)24-41(51)37-22-36(25-48-37)31-13-12-29-19-35-21-32(15-14-30(35)18-34(29)20-31)38-26-49-42(50-38)40-23-33-10-7-8-11-39(33)52(40)44(54)57-46(4,5)6;;;;;/h12-15,18-21,25-26,33,39-41H,7-11,16-17,22-24,27-28H2,1-6H3,(H,49,50);5*1H2/t33-,39-,40-,41-,47-;;;;;/m0...../s1. The highest BCUT2D eigenvalue weighted by Crippen LogP contribution is 2.47. The smallest absolute Gasteiger partial charge is 0.411 e. The third-order valence-corrected chi connectivity index (χ3v) is 12.8. The van der Waals surface area contributed by atoms with Gasteiger partial charge in [-0.1, -0.05) is 37.1 Å². The van der Waals surface area contributed by atoms with Crippen molar-refractivity contribution in [3.8, 4) is 11.3 Å². The topological polar surface area (TPSA) is 109 Å². The number of hydrogen-bond acceptors (Lipinski definition) is 7. The van der Waals surface area contributed by atoms with Crippen molar-refractivity contribution in [2.45, 2.75) is 129 Å². The largest absolute Gasteiger partial charge is 0.444 e. The summed E-state index contributed by atoms with van der Waals surface area (Å²) in [5.41, 5.74) is 4.16. The SMILES string of the molecule is CC(C)(C)OC(=O)N1C[C@]2(CCCOC2)C[C@H]1C1=NC=C(c2ccc3cc4cc(-c5cnc([C@@H]6C[C@@H]7CCCC[C@@H]7N6C(=O)OC(C)(C)C)[nH]5)ccc4cc3c2)C1.S.S.S.S.S. The van der Waals surface area contributed by atoms with E-state index in [-0.39, 0.29) is 103 Å². The van der Waals surface area contributed by atoms with Crippen LogP contribution in [-0.2, 0) is 14.2 Å². The number of rotatable bonds is 4. The zero-order valence-corrected chi connectivity index (χ0v) is 41.9. The molecule has 1 N–H and O–H groups in total. The van der Waals surface area contributed by atoms with E-state index in [0.29, 0.717) is 25.5 Å². The van der Waals surface area contributed by atoms with Crippen LogP contribution < -0.4 is 0 Å². The highest BCUT2D eigenvalue weighted by Gasteiger charge is 2.50. The molecule has 5 atom stereocenters. The Balaban J connectivity index is 0.00000169. The Morgan fingerprint density at radius 1 is 0.790 bits per heavy atom. The summed E-state index contributed by atoms with van der Waals surface area (Å²) in [4.78, 5) is 44.4. The van der Waals surface area contributed by atoms with E-state index in [1.165, 1.54) is 17.2 Å². The number of imidazole rings is 1. The molecule has 0 radical (unpaired) electrons. The van der Waals surface area contributed by atoms with Crippen LogP contribution in [-0.4, -0.2) is 80.7 Å². The minimum absolute atomic E-state index is 0. The zero-order valence-electron chi connectivity index (χ0n) is 36.9. The van der Waals surface area contributed by atoms with E-state index in [0.717, 1.165) is 96.3 Å². The van der Waals surface area contributed by atoms with Gasteiger partial charge in [-0.2, -0.15) is 67.5 Å². The quantitative estimate of drug-likeness (QED) is 0.204. The number of likely N-dealkylation sites (tertiary alicyclic amines) is 2. The van der Waals surface area contributed by atoms with Crippen LogP contribution in [0.4, 0.5) is 9.59 Å². The Bertz CT molecular complexity index is 2300. The lowest BCUT2D eigenvalue weighted by Gasteiger charge is -2.34. The van der Waals surface area contributed by atoms with Gasteiger partial charge in [0.05, 0.1) is 30.6 Å². The molecule has 3 aromatic carbocycles. The molecule has 3 saturated heterocycles. The van der Waals surface area contributed by atoms with Crippen LogP contribution in [0.2, 0.25) is 0 Å². The summed E-state index contributed by atoms with van der Waals surface area (Å²) < 4.78 is 17.8. The van der Waals surface area contributed by atoms with Gasteiger partial charge in [-0.15, -0.1) is 0 Å². The molecule has 5 heterocycles. The van der Waals surface area contributed by atoms with Crippen LogP contribution in [0.3, 0.4) is 0 Å². The van der Waals surface area contributed by atoms with Gasteiger partial charge in [0.2, 0.25) is 0 Å². The van der Waals surface area contributed by atoms with E-state index < -0.39 is 11.2 Å². The first-order chi connectivity index (χ1) is 27.2. The molecule has 10 nitrogen and oxygen atoms in total. The molecule has 5 aliphatic rings. The first-order valence-corrected chi connectivity index (χ1v) is 21.1. The molecular formula is C47H67N5O5S5. The molecule has 0 unspecified atom stereocenters. The predicted molar refractivity (Wildman–Crippen MR) is 276 cm³/mol. The van der Waals surface area contributed by atoms with Gasteiger partial charge in [-0.25, -0.2) is 14.6 Å². The second-order valence-electron chi connectivity index (χ2n) is 19.3. The molecule has 15 heteroatoms. The van der Waals surface area contributed by atoms with E-state index in [4.69, 9.17) is 24.2 Å². The Labute approximate surface area is 402 Å². The van der Waals surface area contributed by atoms with Gasteiger partial charge in [0.1, 0.15) is 17.0 Å². The number of ether oxygens (including phenoxy) is 3. The fraction of sp³-hybridized carbons (Fsp3) is 0.532. The van der Waals surface area contributed by atoms with E-state index in [2.05, 4.69) is 53.5 Å². The fourth-order valence-corrected chi connectivity index (χ4v) is 10.2. The van der Waals surface area contributed by atoms with Gasteiger partial charge < -0.3 is 19.2 Å². The monoisotopic (exact) mass is 941 g/mol. The summed E-state index contributed by atoms with van der Waals surface area (Å²) in [6, 6.07) is 17.7. The maximum atomic E-state index is 13.6. The molecule has 1 spiro atoms. The van der Waals surface area contributed by atoms with Gasteiger partial charge in [0.25, 0.3) is 0 Å². The van der Waals surface area contributed by atoms with Gasteiger partial charge in [-0.05, 0) is 143 Å². The van der Waals surface area contributed by atoms with Crippen molar-refractivity contribution >= 4 is 112 Å². The maximum Gasteiger partial charge on any atom is 0.411 e. The summed E-state index contributed by atoms with van der Waals surface area (Å²) in [6.45, 7) is 13.7. The molecule has 62 heavy (non-hydrogen) atoms. The van der Waals surface area contributed by atoms with Crippen LogP contribution in [0.15, 0.2) is 65.9 Å². The van der Waals surface area contributed by atoms with Crippen molar-refractivity contribution in [3.63, 3.8) is 0 Å². The van der Waals surface area contributed by atoms with Gasteiger partial charge in [0.15, 0.2) is 0 Å². The highest BCUT2D eigenvalue weighted by molar-refractivity contribution is 7.60. The number of fused-ring (bicyclic) bond motifs is 3. The number of hydrogen-bond donors (Lipinski definition) is 1. The molecule has 1 saturated carbocycles. The molecule has 4 fully saturated rings. The van der Waals surface area contributed by atoms with Gasteiger partial charge in [0, 0.05) is 48.5 Å². The first-order valence-electron chi connectivity index (χ1n) is 21.1. The van der Waals surface area contributed by atoms with Crippen LogP contribution in [0, 0.1) is 11.3 Å². The van der Waals surface area contributed by atoms with Crippen molar-refractivity contribution in [2.24, 2.45) is 16.3 Å². The number of carbonyl (C=O) groups is 2. The van der Waals surface area contributed by atoms with Gasteiger partial charge >= 0.3 is 12.2 Å². The number of aliphatic imine (C=N–C) groups is 1. The van der Waals surface area contributed by atoms with Crippen LogP contribution in [0.5, 0.6) is 0 Å². The minimum atomic E-state index is -0.568. The number of aromatic nitrogens is 2. The van der Waals surface area contributed by atoms with E-state index in [1.807, 2.05) is 63.7 Å². The normalized spacial score (nSPS) is 24.4. The Hall–Kier alpha value is -2.95. The molecule has 2 amide bonds. The molecule has 4 aromatic rings. The van der Waals surface area contributed by atoms with Crippen LogP contribution >= 0.6 is 67.5 Å². The number of allylic oxidation sites excluding steroid dienone is 1. The van der Waals surface area contributed by atoms with Gasteiger partial charge in [-0.3, -0.25) is 14.8 Å². The minimum Gasteiger partial charge on any atom is -0.444 e. The molecule has 340 valence electrons. The average Bonchev–Trinajstić information content (AvgIpc) is 3.97. The Morgan fingerprint density at radius 2 is 1.44 bits per heavy atom. The third-order valence-electron chi connectivity index (χ3n) is 12.8. The van der Waals surface area contributed by atoms with Crippen LogP contribution in [0.1, 0.15) is 117 Å². The second kappa shape index (κ2) is 20.1. The number of nitrogens with one attached hydrogen (secondary N) is 1.